The summed E-state index contributed by atoms with van der Waals surface area (Å²) in [4.78, 5) is 2.58. The third-order valence-corrected chi connectivity index (χ3v) is 4.18. The molecule has 0 amide bonds. The minimum absolute atomic E-state index is 0.359. The zero-order valence-electron chi connectivity index (χ0n) is 13.8. The van der Waals surface area contributed by atoms with E-state index in [0.717, 1.165) is 37.8 Å². The highest BCUT2D eigenvalue weighted by Gasteiger charge is 2.23. The van der Waals surface area contributed by atoms with Gasteiger partial charge in [-0.05, 0) is 44.8 Å². The van der Waals surface area contributed by atoms with E-state index in [1.54, 1.807) is 0 Å². The Hall–Kier alpha value is -1.06. The summed E-state index contributed by atoms with van der Waals surface area (Å²) in [6, 6.07) is 8.83. The van der Waals surface area contributed by atoms with Gasteiger partial charge in [-0.25, -0.2) is 0 Å². The number of hydrogen-bond donors (Lipinski definition) is 1. The van der Waals surface area contributed by atoms with Gasteiger partial charge < -0.3 is 15.0 Å². The lowest BCUT2D eigenvalue weighted by Gasteiger charge is -2.26. The standard InChI is InChI=1S/C18H30N2O/c1-4-11-19-17(14-20-12-10-15(3)13-20)16-8-6-7-9-18(16)21-5-2/h6-9,15,17,19H,4-5,10-14H2,1-3H3. The summed E-state index contributed by atoms with van der Waals surface area (Å²) in [6.07, 6.45) is 2.48. The van der Waals surface area contributed by atoms with Gasteiger partial charge in [-0.15, -0.1) is 0 Å². The molecule has 2 unspecified atom stereocenters. The van der Waals surface area contributed by atoms with Crippen LogP contribution in [0.5, 0.6) is 5.75 Å². The Balaban J connectivity index is 2.11. The predicted octanol–water partition coefficient (Wildman–Crippen LogP) is 3.47. The fourth-order valence-corrected chi connectivity index (χ4v) is 3.10. The lowest BCUT2D eigenvalue weighted by Crippen LogP contribution is -2.34. The quantitative estimate of drug-likeness (QED) is 0.793. The van der Waals surface area contributed by atoms with Gasteiger partial charge in [0.1, 0.15) is 5.75 Å². The van der Waals surface area contributed by atoms with Crippen LogP contribution in [0.15, 0.2) is 24.3 Å². The zero-order chi connectivity index (χ0) is 15.1. The van der Waals surface area contributed by atoms with E-state index in [4.69, 9.17) is 4.74 Å². The number of nitrogens with zero attached hydrogens (tertiary/aromatic N) is 1. The van der Waals surface area contributed by atoms with E-state index in [9.17, 15) is 0 Å². The van der Waals surface area contributed by atoms with Crippen molar-refractivity contribution in [3.8, 4) is 5.75 Å². The summed E-state index contributed by atoms with van der Waals surface area (Å²) >= 11 is 0. The molecular formula is C18H30N2O. The monoisotopic (exact) mass is 290 g/mol. The highest BCUT2D eigenvalue weighted by atomic mass is 16.5. The first-order valence-corrected chi connectivity index (χ1v) is 8.42. The van der Waals surface area contributed by atoms with Crippen molar-refractivity contribution in [2.75, 3.05) is 32.8 Å². The normalized spacial score (nSPS) is 20.6. The lowest BCUT2D eigenvalue weighted by molar-refractivity contribution is 0.276. The third kappa shape index (κ3) is 4.72. The highest BCUT2D eigenvalue weighted by molar-refractivity contribution is 5.36. The van der Waals surface area contributed by atoms with Gasteiger partial charge in [-0.3, -0.25) is 0 Å². The van der Waals surface area contributed by atoms with Crippen molar-refractivity contribution in [1.82, 2.24) is 10.2 Å². The van der Waals surface area contributed by atoms with Gasteiger partial charge in [0.25, 0.3) is 0 Å². The second kappa shape index (κ2) is 8.40. The molecule has 2 atom stereocenters. The smallest absolute Gasteiger partial charge is 0.124 e. The summed E-state index contributed by atoms with van der Waals surface area (Å²) in [5.74, 6) is 1.86. The van der Waals surface area contributed by atoms with E-state index in [-0.39, 0.29) is 0 Å². The molecule has 0 aromatic heterocycles. The van der Waals surface area contributed by atoms with Gasteiger partial charge in [0.15, 0.2) is 0 Å². The third-order valence-electron chi connectivity index (χ3n) is 4.18. The number of para-hydroxylation sites is 1. The molecule has 3 heteroatoms. The second-order valence-corrected chi connectivity index (χ2v) is 6.13. The summed E-state index contributed by atoms with van der Waals surface area (Å²) in [7, 11) is 0. The van der Waals surface area contributed by atoms with Gasteiger partial charge in [-0.1, -0.05) is 32.0 Å². The van der Waals surface area contributed by atoms with Gasteiger partial charge in [0.2, 0.25) is 0 Å². The summed E-state index contributed by atoms with van der Waals surface area (Å²) in [6.45, 7) is 11.9. The minimum atomic E-state index is 0.359. The SMILES string of the molecule is CCCNC(CN1CCC(C)C1)c1ccccc1OCC. The average molecular weight is 290 g/mol. The first-order chi connectivity index (χ1) is 10.2. The molecule has 1 saturated heterocycles. The first kappa shape index (κ1) is 16.3. The van der Waals surface area contributed by atoms with Crippen molar-refractivity contribution in [1.29, 1.82) is 0 Å². The van der Waals surface area contributed by atoms with E-state index >= 15 is 0 Å². The Bertz CT molecular complexity index is 421. The van der Waals surface area contributed by atoms with Crippen molar-refractivity contribution in [3.63, 3.8) is 0 Å². The lowest BCUT2D eigenvalue weighted by atomic mass is 10.0. The number of likely N-dealkylation sites (tertiary alicyclic amines) is 1. The molecule has 118 valence electrons. The van der Waals surface area contributed by atoms with Crippen LogP contribution < -0.4 is 10.1 Å². The number of nitrogens with one attached hydrogen (secondary N) is 1. The van der Waals surface area contributed by atoms with E-state index < -0.39 is 0 Å². The molecule has 1 heterocycles. The van der Waals surface area contributed by atoms with Crippen LogP contribution in [-0.2, 0) is 0 Å². The number of ether oxygens (including phenoxy) is 1. The molecule has 1 aliphatic rings. The molecule has 1 aromatic carbocycles. The fourth-order valence-electron chi connectivity index (χ4n) is 3.10. The summed E-state index contributed by atoms with van der Waals surface area (Å²) in [5.41, 5.74) is 1.30. The topological polar surface area (TPSA) is 24.5 Å². The number of rotatable bonds is 8. The Morgan fingerprint density at radius 1 is 1.33 bits per heavy atom. The van der Waals surface area contributed by atoms with E-state index in [1.165, 1.54) is 25.1 Å². The maximum absolute atomic E-state index is 5.83. The number of hydrogen-bond acceptors (Lipinski definition) is 3. The average Bonchev–Trinajstić information content (AvgIpc) is 2.90. The van der Waals surface area contributed by atoms with Crippen LogP contribution in [0.25, 0.3) is 0 Å². The van der Waals surface area contributed by atoms with E-state index in [0.29, 0.717) is 6.04 Å². The van der Waals surface area contributed by atoms with E-state index in [1.807, 2.05) is 6.92 Å². The van der Waals surface area contributed by atoms with Gasteiger partial charge in [0, 0.05) is 24.7 Å². The maximum Gasteiger partial charge on any atom is 0.124 e. The van der Waals surface area contributed by atoms with Gasteiger partial charge in [-0.2, -0.15) is 0 Å². The van der Waals surface area contributed by atoms with Crippen LogP contribution in [0.3, 0.4) is 0 Å². The van der Waals surface area contributed by atoms with Crippen molar-refractivity contribution in [3.05, 3.63) is 29.8 Å². The first-order valence-electron chi connectivity index (χ1n) is 8.42. The molecule has 1 aliphatic heterocycles. The summed E-state index contributed by atoms with van der Waals surface area (Å²) in [5, 5.41) is 3.70. The minimum Gasteiger partial charge on any atom is -0.494 e. The molecule has 0 saturated carbocycles. The molecule has 1 N–H and O–H groups in total. The van der Waals surface area contributed by atoms with Crippen molar-refractivity contribution in [2.24, 2.45) is 5.92 Å². The van der Waals surface area contributed by atoms with Crippen molar-refractivity contribution >= 4 is 0 Å². The largest absolute Gasteiger partial charge is 0.494 e. The molecule has 3 nitrogen and oxygen atoms in total. The van der Waals surface area contributed by atoms with Crippen molar-refractivity contribution < 1.29 is 4.74 Å². The molecular weight excluding hydrogens is 260 g/mol. The second-order valence-electron chi connectivity index (χ2n) is 6.13. The molecule has 0 aliphatic carbocycles. The Labute approximate surface area is 129 Å². The Morgan fingerprint density at radius 3 is 2.81 bits per heavy atom. The predicted molar refractivity (Wildman–Crippen MR) is 88.9 cm³/mol. The van der Waals surface area contributed by atoms with Gasteiger partial charge in [0.05, 0.1) is 6.61 Å². The molecule has 21 heavy (non-hydrogen) atoms. The fraction of sp³-hybridized carbons (Fsp3) is 0.667. The summed E-state index contributed by atoms with van der Waals surface area (Å²) < 4.78 is 5.83. The molecule has 0 spiro atoms. The van der Waals surface area contributed by atoms with Crippen LogP contribution in [0.2, 0.25) is 0 Å². The molecule has 0 radical (unpaired) electrons. The van der Waals surface area contributed by atoms with Crippen LogP contribution in [0.4, 0.5) is 0 Å². The highest BCUT2D eigenvalue weighted by Crippen LogP contribution is 2.27. The van der Waals surface area contributed by atoms with Crippen molar-refractivity contribution in [2.45, 2.75) is 39.7 Å². The number of benzene rings is 1. The van der Waals surface area contributed by atoms with Crippen LogP contribution >= 0.6 is 0 Å². The zero-order valence-corrected chi connectivity index (χ0v) is 13.8. The van der Waals surface area contributed by atoms with Crippen LogP contribution in [-0.4, -0.2) is 37.7 Å². The molecule has 1 aromatic rings. The Kier molecular flexibility index (Phi) is 6.52. The van der Waals surface area contributed by atoms with Gasteiger partial charge >= 0.3 is 0 Å². The van der Waals surface area contributed by atoms with Crippen LogP contribution in [0, 0.1) is 5.92 Å². The molecule has 1 fully saturated rings. The van der Waals surface area contributed by atoms with Crippen LogP contribution in [0.1, 0.15) is 45.2 Å². The van der Waals surface area contributed by atoms with E-state index in [2.05, 4.69) is 48.3 Å². The Morgan fingerprint density at radius 2 is 2.14 bits per heavy atom. The molecule has 2 rings (SSSR count). The maximum atomic E-state index is 5.83. The molecule has 0 bridgehead atoms.